The third-order valence-corrected chi connectivity index (χ3v) is 3.44. The molecule has 0 aliphatic heterocycles. The van der Waals surface area contributed by atoms with Crippen LogP contribution in [0.4, 0.5) is 0 Å². The fourth-order valence-corrected chi connectivity index (χ4v) is 2.30. The van der Waals surface area contributed by atoms with Gasteiger partial charge in [0.1, 0.15) is 5.54 Å². The summed E-state index contributed by atoms with van der Waals surface area (Å²) in [4.78, 5) is 26.7. The molecule has 0 spiro atoms. The Labute approximate surface area is 123 Å². The van der Waals surface area contributed by atoms with Gasteiger partial charge >= 0.3 is 5.97 Å². The molecule has 112 valence electrons. The van der Waals surface area contributed by atoms with Crippen LogP contribution in [0.3, 0.4) is 0 Å². The van der Waals surface area contributed by atoms with Gasteiger partial charge in [-0.05, 0) is 31.9 Å². The quantitative estimate of drug-likeness (QED) is 0.828. The molecule has 0 bridgehead atoms. The summed E-state index contributed by atoms with van der Waals surface area (Å²) in [5.41, 5.74) is 1.14. The number of nitrogens with one attached hydrogen (secondary N) is 2. The Kier molecular flexibility index (Phi) is 4.31. The Morgan fingerprint density at radius 3 is 2.71 bits per heavy atom. The van der Waals surface area contributed by atoms with Crippen molar-refractivity contribution in [3.8, 4) is 0 Å². The molecule has 5 nitrogen and oxygen atoms in total. The van der Waals surface area contributed by atoms with E-state index < -0.39 is 11.5 Å². The number of rotatable bonds is 5. The molecular weight excluding hydrogens is 268 g/mol. The number of amides is 1. The molecule has 1 aromatic heterocycles. The summed E-state index contributed by atoms with van der Waals surface area (Å²) in [7, 11) is 1.31. The molecule has 2 rings (SSSR count). The number of H-pyrrole nitrogens is 1. The van der Waals surface area contributed by atoms with Crippen LogP contribution in [0.1, 0.15) is 25.8 Å². The average molecular weight is 288 g/mol. The summed E-state index contributed by atoms with van der Waals surface area (Å²) in [6.45, 7) is 3.25. The van der Waals surface area contributed by atoms with Crippen molar-refractivity contribution in [3.05, 3.63) is 36.0 Å². The SMILES string of the molecule is COC(=O)C(C)(C)NC(=O)CCc1c[nH]c2ccccc12. The van der Waals surface area contributed by atoms with Crippen LogP contribution in [-0.4, -0.2) is 29.5 Å². The van der Waals surface area contributed by atoms with Crippen LogP contribution < -0.4 is 5.32 Å². The standard InChI is InChI=1S/C16H20N2O3/c1-16(2,15(20)21-3)18-14(19)9-8-11-10-17-13-7-5-4-6-12(11)13/h4-7,10,17H,8-9H2,1-3H3,(H,18,19). The lowest BCUT2D eigenvalue weighted by molar-refractivity contribution is -0.149. The molecule has 21 heavy (non-hydrogen) atoms. The molecule has 1 amide bonds. The fraction of sp³-hybridized carbons (Fsp3) is 0.375. The second-order valence-electron chi connectivity index (χ2n) is 5.52. The van der Waals surface area contributed by atoms with Gasteiger partial charge in [0, 0.05) is 23.5 Å². The highest BCUT2D eigenvalue weighted by Crippen LogP contribution is 2.19. The third-order valence-electron chi connectivity index (χ3n) is 3.44. The second-order valence-corrected chi connectivity index (χ2v) is 5.52. The summed E-state index contributed by atoms with van der Waals surface area (Å²) >= 11 is 0. The molecule has 1 aromatic carbocycles. The first-order chi connectivity index (χ1) is 9.94. The van der Waals surface area contributed by atoms with Gasteiger partial charge in [-0.2, -0.15) is 0 Å². The minimum Gasteiger partial charge on any atom is -0.467 e. The maximum Gasteiger partial charge on any atom is 0.330 e. The van der Waals surface area contributed by atoms with Crippen molar-refractivity contribution in [1.82, 2.24) is 10.3 Å². The van der Waals surface area contributed by atoms with Crippen molar-refractivity contribution >= 4 is 22.8 Å². The fourth-order valence-electron chi connectivity index (χ4n) is 2.30. The molecular formula is C16H20N2O3. The second kappa shape index (κ2) is 5.99. The lowest BCUT2D eigenvalue weighted by Crippen LogP contribution is -2.50. The van der Waals surface area contributed by atoms with Gasteiger partial charge in [0.25, 0.3) is 0 Å². The number of methoxy groups -OCH3 is 1. The number of hydrogen-bond acceptors (Lipinski definition) is 3. The molecule has 0 aliphatic rings. The number of carbonyl (C=O) groups excluding carboxylic acids is 2. The zero-order chi connectivity index (χ0) is 15.5. The van der Waals surface area contributed by atoms with E-state index in [4.69, 9.17) is 0 Å². The minimum atomic E-state index is -1.01. The maximum atomic E-state index is 12.0. The molecule has 1 heterocycles. The topological polar surface area (TPSA) is 71.2 Å². The monoisotopic (exact) mass is 288 g/mol. The minimum absolute atomic E-state index is 0.171. The van der Waals surface area contributed by atoms with Gasteiger partial charge in [-0.25, -0.2) is 4.79 Å². The van der Waals surface area contributed by atoms with E-state index in [0.717, 1.165) is 16.5 Å². The highest BCUT2D eigenvalue weighted by molar-refractivity contribution is 5.88. The van der Waals surface area contributed by atoms with E-state index in [1.807, 2.05) is 30.5 Å². The summed E-state index contributed by atoms with van der Waals surface area (Å²) in [5.74, 6) is -0.626. The number of fused-ring (bicyclic) bond motifs is 1. The maximum absolute atomic E-state index is 12.0. The number of aromatic nitrogens is 1. The van der Waals surface area contributed by atoms with Gasteiger partial charge < -0.3 is 15.0 Å². The number of aromatic amines is 1. The van der Waals surface area contributed by atoms with E-state index in [2.05, 4.69) is 15.0 Å². The predicted molar refractivity (Wildman–Crippen MR) is 80.9 cm³/mol. The number of carbonyl (C=O) groups is 2. The van der Waals surface area contributed by atoms with E-state index in [-0.39, 0.29) is 5.91 Å². The molecule has 2 aromatic rings. The van der Waals surface area contributed by atoms with E-state index >= 15 is 0 Å². The number of aryl methyl sites for hydroxylation is 1. The van der Waals surface area contributed by atoms with Crippen molar-refractivity contribution in [2.75, 3.05) is 7.11 Å². The number of esters is 1. The molecule has 0 unspecified atom stereocenters. The number of hydrogen-bond donors (Lipinski definition) is 2. The molecule has 5 heteroatoms. The van der Waals surface area contributed by atoms with Gasteiger partial charge in [-0.1, -0.05) is 18.2 Å². The molecule has 0 atom stereocenters. The van der Waals surface area contributed by atoms with Crippen molar-refractivity contribution in [1.29, 1.82) is 0 Å². The first-order valence-corrected chi connectivity index (χ1v) is 6.88. The first kappa shape index (κ1) is 15.1. The predicted octanol–water partition coefficient (Wildman–Crippen LogP) is 2.17. The van der Waals surface area contributed by atoms with Crippen LogP contribution in [0, 0.1) is 0 Å². The Hall–Kier alpha value is -2.30. The van der Waals surface area contributed by atoms with E-state index in [9.17, 15) is 9.59 Å². The van der Waals surface area contributed by atoms with Crippen LogP contribution in [0.25, 0.3) is 10.9 Å². The van der Waals surface area contributed by atoms with Gasteiger partial charge in [-0.3, -0.25) is 4.79 Å². The largest absolute Gasteiger partial charge is 0.467 e. The van der Waals surface area contributed by atoms with E-state index in [1.54, 1.807) is 13.8 Å². The summed E-state index contributed by atoms with van der Waals surface area (Å²) in [5, 5.41) is 3.82. The van der Waals surface area contributed by atoms with Crippen LogP contribution in [0.2, 0.25) is 0 Å². The van der Waals surface area contributed by atoms with E-state index in [1.165, 1.54) is 7.11 Å². The Morgan fingerprint density at radius 1 is 1.29 bits per heavy atom. The Morgan fingerprint density at radius 2 is 2.00 bits per heavy atom. The lowest BCUT2D eigenvalue weighted by Gasteiger charge is -2.22. The molecule has 2 N–H and O–H groups in total. The highest BCUT2D eigenvalue weighted by Gasteiger charge is 2.30. The molecule has 0 aliphatic carbocycles. The van der Waals surface area contributed by atoms with Crippen LogP contribution in [-0.2, 0) is 20.7 Å². The number of para-hydroxylation sites is 1. The van der Waals surface area contributed by atoms with Crippen molar-refractivity contribution < 1.29 is 14.3 Å². The third kappa shape index (κ3) is 3.42. The molecule has 0 saturated heterocycles. The summed E-state index contributed by atoms with van der Waals surface area (Å²) < 4.78 is 4.67. The van der Waals surface area contributed by atoms with Crippen LogP contribution >= 0.6 is 0 Å². The van der Waals surface area contributed by atoms with Crippen molar-refractivity contribution in [2.24, 2.45) is 0 Å². The molecule has 0 fully saturated rings. The van der Waals surface area contributed by atoms with Gasteiger partial charge in [-0.15, -0.1) is 0 Å². The first-order valence-electron chi connectivity index (χ1n) is 6.88. The normalized spacial score (nSPS) is 11.4. The van der Waals surface area contributed by atoms with Crippen LogP contribution in [0.5, 0.6) is 0 Å². The number of benzene rings is 1. The molecule has 0 saturated carbocycles. The zero-order valence-electron chi connectivity index (χ0n) is 12.5. The van der Waals surface area contributed by atoms with Crippen LogP contribution in [0.15, 0.2) is 30.5 Å². The van der Waals surface area contributed by atoms with Gasteiger partial charge in [0.2, 0.25) is 5.91 Å². The Balaban J connectivity index is 1.97. The summed E-state index contributed by atoms with van der Waals surface area (Å²) in [6, 6.07) is 7.96. The lowest BCUT2D eigenvalue weighted by atomic mass is 10.0. The van der Waals surface area contributed by atoms with Gasteiger partial charge in [0.15, 0.2) is 0 Å². The molecule has 0 radical (unpaired) electrons. The van der Waals surface area contributed by atoms with Crippen molar-refractivity contribution in [2.45, 2.75) is 32.2 Å². The average Bonchev–Trinajstić information content (AvgIpc) is 2.87. The summed E-state index contributed by atoms with van der Waals surface area (Å²) in [6.07, 6.45) is 2.86. The smallest absolute Gasteiger partial charge is 0.330 e. The van der Waals surface area contributed by atoms with E-state index in [0.29, 0.717) is 12.8 Å². The van der Waals surface area contributed by atoms with Crippen molar-refractivity contribution in [3.63, 3.8) is 0 Å². The van der Waals surface area contributed by atoms with Gasteiger partial charge in [0.05, 0.1) is 7.11 Å². The number of ether oxygens (including phenoxy) is 1. The Bertz CT molecular complexity index is 658. The highest BCUT2D eigenvalue weighted by atomic mass is 16.5. The zero-order valence-corrected chi connectivity index (χ0v) is 12.5.